The first-order chi connectivity index (χ1) is 7.72. The molecule has 2 atom stereocenters. The summed E-state index contributed by atoms with van der Waals surface area (Å²) in [6.07, 6.45) is 10.2. The molecule has 1 N–H and O–H groups in total. The highest BCUT2D eigenvalue weighted by Gasteiger charge is 2.33. The second-order valence-electron chi connectivity index (χ2n) is 5.81. The van der Waals surface area contributed by atoms with Gasteiger partial charge in [0.25, 0.3) is 0 Å². The summed E-state index contributed by atoms with van der Waals surface area (Å²) in [5, 5.41) is 9.95. The van der Waals surface area contributed by atoms with Crippen molar-refractivity contribution in [3.8, 4) is 0 Å². The molecule has 0 heterocycles. The zero-order chi connectivity index (χ0) is 11.5. The summed E-state index contributed by atoms with van der Waals surface area (Å²) in [5.41, 5.74) is 0. The predicted molar refractivity (Wildman–Crippen MR) is 67.4 cm³/mol. The van der Waals surface area contributed by atoms with Gasteiger partial charge in [-0.1, -0.05) is 13.3 Å². The lowest BCUT2D eigenvalue weighted by Crippen LogP contribution is -2.45. The van der Waals surface area contributed by atoms with Crippen molar-refractivity contribution < 1.29 is 5.11 Å². The van der Waals surface area contributed by atoms with E-state index in [9.17, 15) is 5.11 Å². The molecule has 2 saturated carbocycles. The van der Waals surface area contributed by atoms with Crippen LogP contribution in [0.25, 0.3) is 0 Å². The van der Waals surface area contributed by atoms with Gasteiger partial charge in [-0.2, -0.15) is 0 Å². The molecule has 0 amide bonds. The molecule has 2 unspecified atom stereocenters. The Morgan fingerprint density at radius 3 is 2.25 bits per heavy atom. The smallest absolute Gasteiger partial charge is 0.0695 e. The molecule has 2 aliphatic rings. The number of hydrogen-bond donors (Lipinski definition) is 1. The van der Waals surface area contributed by atoms with Gasteiger partial charge in [0.2, 0.25) is 0 Å². The molecule has 0 aromatic carbocycles. The number of likely N-dealkylation sites (N-methyl/N-ethyl adjacent to an activating group) is 1. The number of aliphatic hydroxyl groups excluding tert-OH is 1. The Kier molecular flexibility index (Phi) is 4.26. The fourth-order valence-corrected chi connectivity index (χ4v) is 3.63. The third kappa shape index (κ3) is 2.60. The first-order valence-corrected chi connectivity index (χ1v) is 7.12. The lowest BCUT2D eigenvalue weighted by atomic mass is 9.83. The summed E-state index contributed by atoms with van der Waals surface area (Å²) in [6.45, 7) is 2.31. The van der Waals surface area contributed by atoms with Crippen LogP contribution >= 0.6 is 0 Å². The van der Waals surface area contributed by atoms with Gasteiger partial charge in [0, 0.05) is 12.1 Å². The largest absolute Gasteiger partial charge is 0.391 e. The zero-order valence-corrected chi connectivity index (χ0v) is 10.9. The molecule has 0 radical (unpaired) electrons. The van der Waals surface area contributed by atoms with Crippen molar-refractivity contribution in [2.45, 2.75) is 76.5 Å². The molecule has 0 saturated heterocycles. The Morgan fingerprint density at radius 1 is 1.06 bits per heavy atom. The summed E-state index contributed by atoms with van der Waals surface area (Å²) < 4.78 is 0. The third-order valence-corrected chi connectivity index (χ3v) is 4.94. The molecular formula is C14H27NO. The maximum absolute atomic E-state index is 9.95. The Labute approximate surface area is 100 Å². The maximum Gasteiger partial charge on any atom is 0.0695 e. The highest BCUT2D eigenvalue weighted by Crippen LogP contribution is 2.32. The van der Waals surface area contributed by atoms with E-state index in [4.69, 9.17) is 0 Å². The van der Waals surface area contributed by atoms with Crippen molar-refractivity contribution in [3.63, 3.8) is 0 Å². The van der Waals surface area contributed by atoms with Crippen LogP contribution in [0.15, 0.2) is 0 Å². The summed E-state index contributed by atoms with van der Waals surface area (Å²) in [6, 6.07) is 1.18. The SMILES string of the molecule is CCC1CCC(N(C)C2CCCC2O)CC1. The number of aliphatic hydroxyl groups is 1. The number of rotatable bonds is 3. The minimum Gasteiger partial charge on any atom is -0.391 e. The summed E-state index contributed by atoms with van der Waals surface area (Å²) in [7, 11) is 2.23. The minimum absolute atomic E-state index is 0.0612. The lowest BCUT2D eigenvalue weighted by Gasteiger charge is -2.38. The minimum atomic E-state index is -0.0612. The average Bonchev–Trinajstić information content (AvgIpc) is 2.75. The summed E-state index contributed by atoms with van der Waals surface area (Å²) in [4.78, 5) is 2.49. The molecule has 0 bridgehead atoms. The highest BCUT2D eigenvalue weighted by atomic mass is 16.3. The standard InChI is InChI=1S/C14H27NO/c1-3-11-7-9-12(10-8-11)15(2)13-5-4-6-14(13)16/h11-14,16H,3-10H2,1-2H3. The second kappa shape index (κ2) is 5.50. The van der Waals surface area contributed by atoms with Gasteiger partial charge in [-0.15, -0.1) is 0 Å². The lowest BCUT2D eigenvalue weighted by molar-refractivity contribution is 0.0441. The van der Waals surface area contributed by atoms with Crippen LogP contribution in [0.5, 0.6) is 0 Å². The van der Waals surface area contributed by atoms with Gasteiger partial charge in [0.1, 0.15) is 0 Å². The van der Waals surface area contributed by atoms with E-state index in [1.165, 1.54) is 44.9 Å². The zero-order valence-electron chi connectivity index (χ0n) is 10.9. The van der Waals surface area contributed by atoms with E-state index >= 15 is 0 Å². The van der Waals surface area contributed by atoms with E-state index in [0.717, 1.165) is 18.4 Å². The van der Waals surface area contributed by atoms with Crippen LogP contribution in [-0.4, -0.2) is 35.2 Å². The van der Waals surface area contributed by atoms with E-state index < -0.39 is 0 Å². The molecule has 16 heavy (non-hydrogen) atoms. The highest BCUT2D eigenvalue weighted by molar-refractivity contribution is 4.88. The van der Waals surface area contributed by atoms with E-state index in [0.29, 0.717) is 6.04 Å². The first-order valence-electron chi connectivity index (χ1n) is 7.12. The van der Waals surface area contributed by atoms with Gasteiger partial charge >= 0.3 is 0 Å². The van der Waals surface area contributed by atoms with Crippen molar-refractivity contribution in [3.05, 3.63) is 0 Å². The van der Waals surface area contributed by atoms with Crippen LogP contribution < -0.4 is 0 Å². The van der Waals surface area contributed by atoms with E-state index in [-0.39, 0.29) is 6.10 Å². The van der Waals surface area contributed by atoms with Crippen LogP contribution in [0.3, 0.4) is 0 Å². The van der Waals surface area contributed by atoms with Crippen molar-refractivity contribution in [1.82, 2.24) is 4.90 Å². The van der Waals surface area contributed by atoms with Crippen LogP contribution in [0, 0.1) is 5.92 Å². The van der Waals surface area contributed by atoms with Crippen LogP contribution in [0.1, 0.15) is 58.3 Å². The second-order valence-corrected chi connectivity index (χ2v) is 5.81. The van der Waals surface area contributed by atoms with Crippen molar-refractivity contribution in [2.75, 3.05) is 7.05 Å². The molecule has 0 aromatic heterocycles. The van der Waals surface area contributed by atoms with Crippen LogP contribution in [0.4, 0.5) is 0 Å². The molecule has 94 valence electrons. The van der Waals surface area contributed by atoms with Crippen molar-refractivity contribution in [1.29, 1.82) is 0 Å². The van der Waals surface area contributed by atoms with Crippen LogP contribution in [-0.2, 0) is 0 Å². The Balaban J connectivity index is 1.83. The Bertz CT molecular complexity index is 211. The van der Waals surface area contributed by atoms with E-state index in [1.807, 2.05) is 0 Å². The van der Waals surface area contributed by atoms with Crippen LogP contribution in [0.2, 0.25) is 0 Å². The van der Waals surface area contributed by atoms with Gasteiger partial charge in [-0.25, -0.2) is 0 Å². The van der Waals surface area contributed by atoms with Crippen molar-refractivity contribution in [2.24, 2.45) is 5.92 Å². The normalized spacial score (nSPS) is 40.5. The van der Waals surface area contributed by atoms with Crippen molar-refractivity contribution >= 4 is 0 Å². The van der Waals surface area contributed by atoms with Gasteiger partial charge in [-0.3, -0.25) is 4.90 Å². The topological polar surface area (TPSA) is 23.5 Å². The Morgan fingerprint density at radius 2 is 1.75 bits per heavy atom. The number of nitrogens with zero attached hydrogens (tertiary/aromatic N) is 1. The predicted octanol–water partition coefficient (Wildman–Crippen LogP) is 2.80. The first kappa shape index (κ1) is 12.4. The molecule has 0 spiro atoms. The van der Waals surface area contributed by atoms with Gasteiger partial charge in [-0.05, 0) is 57.9 Å². The fraction of sp³-hybridized carbons (Fsp3) is 1.00. The van der Waals surface area contributed by atoms with E-state index in [2.05, 4.69) is 18.9 Å². The van der Waals surface area contributed by atoms with Gasteiger partial charge < -0.3 is 5.11 Å². The molecule has 2 rings (SSSR count). The Hall–Kier alpha value is -0.0800. The fourth-order valence-electron chi connectivity index (χ4n) is 3.63. The molecule has 2 nitrogen and oxygen atoms in total. The molecule has 2 aliphatic carbocycles. The number of hydrogen-bond acceptors (Lipinski definition) is 2. The van der Waals surface area contributed by atoms with Gasteiger partial charge in [0.05, 0.1) is 6.10 Å². The average molecular weight is 225 g/mol. The quantitative estimate of drug-likeness (QED) is 0.798. The van der Waals surface area contributed by atoms with Gasteiger partial charge in [0.15, 0.2) is 0 Å². The maximum atomic E-state index is 9.95. The molecule has 0 aromatic rings. The third-order valence-electron chi connectivity index (χ3n) is 4.94. The summed E-state index contributed by atoms with van der Waals surface area (Å²) >= 11 is 0. The summed E-state index contributed by atoms with van der Waals surface area (Å²) in [5.74, 6) is 0.971. The molecule has 2 fully saturated rings. The van der Waals surface area contributed by atoms with E-state index in [1.54, 1.807) is 0 Å². The monoisotopic (exact) mass is 225 g/mol. The molecule has 0 aliphatic heterocycles. The molecule has 2 heteroatoms. The molecular weight excluding hydrogens is 198 g/mol.